The molecule has 0 spiro atoms. The minimum Gasteiger partial charge on any atom is -0.402 e. The summed E-state index contributed by atoms with van der Waals surface area (Å²) < 4.78 is 13.9. The molecule has 0 saturated carbocycles. The monoisotopic (exact) mass is 448 g/mol. The summed E-state index contributed by atoms with van der Waals surface area (Å²) in [5.41, 5.74) is 8.23. The van der Waals surface area contributed by atoms with Crippen LogP contribution in [0.3, 0.4) is 0 Å². The Morgan fingerprint density at radius 3 is 2.74 bits per heavy atom. The van der Waals surface area contributed by atoms with Crippen LogP contribution in [0.5, 0.6) is 0 Å². The van der Waals surface area contributed by atoms with Crippen molar-refractivity contribution in [3.05, 3.63) is 51.1 Å². The largest absolute Gasteiger partial charge is 0.402 e. The fourth-order valence-electron chi connectivity index (χ4n) is 1.72. The number of rotatable bonds is 7. The average molecular weight is 449 g/mol. The van der Waals surface area contributed by atoms with Gasteiger partial charge in [-0.2, -0.15) is 0 Å². The van der Waals surface area contributed by atoms with Gasteiger partial charge in [0.15, 0.2) is 0 Å². The molecule has 0 unspecified atom stereocenters. The molecule has 1 rings (SSSR count). The van der Waals surface area contributed by atoms with Crippen molar-refractivity contribution >= 4 is 50.8 Å². The fraction of sp³-hybridized carbons (Fsp3) is 0.250. The third kappa shape index (κ3) is 7.13. The Kier molecular flexibility index (Phi) is 8.25. The maximum absolute atomic E-state index is 13.2. The Balaban J connectivity index is 3.21. The third-order valence-corrected chi connectivity index (χ3v) is 3.81. The molecule has 0 saturated heterocycles. The van der Waals surface area contributed by atoms with Gasteiger partial charge in [0.25, 0.3) is 0 Å². The van der Waals surface area contributed by atoms with E-state index in [2.05, 4.69) is 10.3 Å². The first-order valence-electron chi connectivity index (χ1n) is 6.96. The van der Waals surface area contributed by atoms with Crippen LogP contribution in [-0.2, 0) is 0 Å². The molecular formula is C16H19ClFIN4. The summed E-state index contributed by atoms with van der Waals surface area (Å²) in [6.45, 7) is 4.43. The van der Waals surface area contributed by atoms with Gasteiger partial charge in [0.1, 0.15) is 11.0 Å². The van der Waals surface area contributed by atoms with Gasteiger partial charge in [-0.15, -0.1) is 0 Å². The van der Waals surface area contributed by atoms with Gasteiger partial charge >= 0.3 is 0 Å². The van der Waals surface area contributed by atoms with E-state index in [0.717, 1.165) is 6.54 Å². The topological polar surface area (TPSA) is 74.3 Å². The summed E-state index contributed by atoms with van der Waals surface area (Å²) >= 11 is 7.86. The maximum Gasteiger partial charge on any atom is 0.125 e. The standard InChI is InChI=1S/C16H19ClFIN4/c1-3-22-9-11(16(17)21)7-13(6-10(2)20)23-15-5-4-12(18)8-14(15)19/h4-6,8-9,21-22H,3,7,20H2,1-2H3/b10-6?,11-9-,21-16?,23-13?. The van der Waals surface area contributed by atoms with Gasteiger partial charge in [-0.05, 0) is 60.7 Å². The molecule has 0 aromatic heterocycles. The molecule has 0 radical (unpaired) electrons. The number of halogens is 3. The second-order valence-electron chi connectivity index (χ2n) is 4.81. The molecule has 0 atom stereocenters. The van der Waals surface area contributed by atoms with Crippen LogP contribution in [0.4, 0.5) is 10.1 Å². The lowest BCUT2D eigenvalue weighted by molar-refractivity contribution is 0.627. The lowest BCUT2D eigenvalue weighted by Crippen LogP contribution is -2.10. The smallest absolute Gasteiger partial charge is 0.125 e. The summed E-state index contributed by atoms with van der Waals surface area (Å²) in [5, 5.41) is 10.6. The van der Waals surface area contributed by atoms with Crippen LogP contribution in [0.1, 0.15) is 20.3 Å². The molecule has 0 bridgehead atoms. The molecule has 0 heterocycles. The van der Waals surface area contributed by atoms with E-state index in [9.17, 15) is 4.39 Å². The van der Waals surface area contributed by atoms with Crippen LogP contribution in [-0.4, -0.2) is 17.4 Å². The maximum atomic E-state index is 13.2. The van der Waals surface area contributed by atoms with Crippen molar-refractivity contribution in [2.45, 2.75) is 20.3 Å². The lowest BCUT2D eigenvalue weighted by atomic mass is 10.1. The molecule has 0 aliphatic carbocycles. The van der Waals surface area contributed by atoms with Crippen molar-refractivity contribution in [1.29, 1.82) is 5.41 Å². The number of benzene rings is 1. The van der Waals surface area contributed by atoms with Crippen molar-refractivity contribution in [2.75, 3.05) is 6.54 Å². The summed E-state index contributed by atoms with van der Waals surface area (Å²) in [6.07, 6.45) is 3.76. The Hall–Kier alpha value is -1.41. The molecule has 4 N–H and O–H groups in total. The molecular weight excluding hydrogens is 430 g/mol. The predicted molar refractivity (Wildman–Crippen MR) is 104 cm³/mol. The quantitative estimate of drug-likeness (QED) is 0.425. The van der Waals surface area contributed by atoms with Crippen LogP contribution in [0.25, 0.3) is 0 Å². The zero-order valence-electron chi connectivity index (χ0n) is 13.0. The number of nitrogens with two attached hydrogens (primary N) is 1. The van der Waals surface area contributed by atoms with Gasteiger partial charge in [0, 0.05) is 39.7 Å². The minimum absolute atomic E-state index is 0.0597. The van der Waals surface area contributed by atoms with Gasteiger partial charge < -0.3 is 11.1 Å². The highest BCUT2D eigenvalue weighted by molar-refractivity contribution is 14.1. The van der Waals surface area contributed by atoms with Gasteiger partial charge in [-0.3, -0.25) is 10.4 Å². The predicted octanol–water partition coefficient (Wildman–Crippen LogP) is 4.46. The van der Waals surface area contributed by atoms with Crippen LogP contribution in [0.15, 0.2) is 46.7 Å². The molecule has 4 nitrogen and oxygen atoms in total. The Morgan fingerprint density at radius 2 is 2.22 bits per heavy atom. The summed E-state index contributed by atoms with van der Waals surface area (Å²) in [6, 6.07) is 4.38. The van der Waals surface area contributed by atoms with E-state index in [1.54, 1.807) is 25.3 Å². The molecule has 0 aliphatic heterocycles. The molecule has 7 heteroatoms. The molecule has 1 aromatic rings. The van der Waals surface area contributed by atoms with Crippen molar-refractivity contribution in [1.82, 2.24) is 5.32 Å². The highest BCUT2D eigenvalue weighted by atomic mass is 127. The summed E-state index contributed by atoms with van der Waals surface area (Å²) in [5.74, 6) is -0.310. The van der Waals surface area contributed by atoms with Crippen molar-refractivity contribution in [3.8, 4) is 0 Å². The van der Waals surface area contributed by atoms with Crippen molar-refractivity contribution in [3.63, 3.8) is 0 Å². The van der Waals surface area contributed by atoms with Crippen LogP contribution >= 0.6 is 34.2 Å². The molecule has 23 heavy (non-hydrogen) atoms. The Labute approximate surface area is 154 Å². The second-order valence-corrected chi connectivity index (χ2v) is 6.35. The number of hydrogen-bond acceptors (Lipinski definition) is 4. The lowest BCUT2D eigenvalue weighted by Gasteiger charge is -2.08. The van der Waals surface area contributed by atoms with Crippen LogP contribution in [0, 0.1) is 14.8 Å². The van der Waals surface area contributed by atoms with E-state index in [-0.39, 0.29) is 11.0 Å². The second kappa shape index (κ2) is 9.67. The zero-order chi connectivity index (χ0) is 17.4. The summed E-state index contributed by atoms with van der Waals surface area (Å²) in [7, 11) is 0. The Morgan fingerprint density at radius 1 is 1.52 bits per heavy atom. The number of allylic oxidation sites excluding steroid dienone is 3. The van der Waals surface area contributed by atoms with Gasteiger partial charge in [0.05, 0.1) is 5.69 Å². The van der Waals surface area contributed by atoms with E-state index < -0.39 is 0 Å². The van der Waals surface area contributed by atoms with Gasteiger partial charge in [0.2, 0.25) is 0 Å². The van der Waals surface area contributed by atoms with E-state index in [0.29, 0.717) is 32.7 Å². The number of nitrogens with one attached hydrogen (secondary N) is 2. The fourth-order valence-corrected chi connectivity index (χ4v) is 2.44. The van der Waals surface area contributed by atoms with Crippen LogP contribution < -0.4 is 11.1 Å². The van der Waals surface area contributed by atoms with E-state index in [1.165, 1.54) is 12.1 Å². The number of nitrogens with zero attached hydrogens (tertiary/aromatic N) is 1. The van der Waals surface area contributed by atoms with E-state index in [4.69, 9.17) is 22.7 Å². The highest BCUT2D eigenvalue weighted by Gasteiger charge is 2.08. The normalized spacial score (nSPS) is 13.2. The highest BCUT2D eigenvalue weighted by Crippen LogP contribution is 2.23. The molecule has 0 aliphatic rings. The van der Waals surface area contributed by atoms with Crippen LogP contribution in [0.2, 0.25) is 0 Å². The molecule has 0 fully saturated rings. The average Bonchev–Trinajstić information content (AvgIpc) is 2.45. The first-order valence-corrected chi connectivity index (χ1v) is 8.42. The van der Waals surface area contributed by atoms with E-state index >= 15 is 0 Å². The summed E-state index contributed by atoms with van der Waals surface area (Å²) in [4.78, 5) is 4.53. The minimum atomic E-state index is -0.310. The van der Waals surface area contributed by atoms with Gasteiger partial charge in [-0.25, -0.2) is 4.39 Å². The zero-order valence-corrected chi connectivity index (χ0v) is 15.9. The Bertz CT molecular complexity index is 664. The molecule has 124 valence electrons. The molecule has 1 aromatic carbocycles. The van der Waals surface area contributed by atoms with Crippen molar-refractivity contribution in [2.24, 2.45) is 10.7 Å². The number of hydrogen-bond donors (Lipinski definition) is 3. The van der Waals surface area contributed by atoms with E-state index in [1.807, 2.05) is 29.5 Å². The first kappa shape index (κ1) is 19.6. The first-order chi connectivity index (χ1) is 10.8. The van der Waals surface area contributed by atoms with Crippen molar-refractivity contribution < 1.29 is 4.39 Å². The SMILES string of the molecule is CCN/C=C(/CC(C=C(C)N)=Nc1ccc(F)cc1I)C(=N)Cl. The molecule has 0 amide bonds. The van der Waals surface area contributed by atoms with Gasteiger partial charge in [-0.1, -0.05) is 11.6 Å². The number of aliphatic imine (C=N–C) groups is 1. The third-order valence-electron chi connectivity index (χ3n) is 2.70.